The molecule has 0 aliphatic carbocycles. The van der Waals surface area contributed by atoms with E-state index in [0.717, 1.165) is 12.8 Å². The van der Waals surface area contributed by atoms with Gasteiger partial charge in [-0.2, -0.15) is 0 Å². The molecule has 0 bridgehead atoms. The zero-order valence-electron chi connectivity index (χ0n) is 8.82. The average Bonchev–Trinajstić information content (AvgIpc) is 2.16. The van der Waals surface area contributed by atoms with Gasteiger partial charge in [0, 0.05) is 40.0 Å². The lowest BCUT2D eigenvalue weighted by Crippen LogP contribution is -2.44. The Hall–Kier alpha value is -1.06. The van der Waals surface area contributed by atoms with Gasteiger partial charge in [0.15, 0.2) is 0 Å². The highest BCUT2D eigenvalue weighted by Gasteiger charge is 2.25. The van der Waals surface area contributed by atoms with E-state index in [1.165, 1.54) is 0 Å². The van der Waals surface area contributed by atoms with E-state index in [9.17, 15) is 9.59 Å². The van der Waals surface area contributed by atoms with Gasteiger partial charge in [-0.3, -0.25) is 4.79 Å². The zero-order valence-corrected chi connectivity index (χ0v) is 8.82. The van der Waals surface area contributed by atoms with Crippen LogP contribution in [0.4, 0.5) is 4.79 Å². The van der Waals surface area contributed by atoms with Crippen LogP contribution in [0.5, 0.6) is 0 Å². The topological polar surface area (TPSA) is 40.6 Å². The second-order valence-corrected chi connectivity index (χ2v) is 3.90. The van der Waals surface area contributed by atoms with Crippen molar-refractivity contribution in [3.05, 3.63) is 6.92 Å². The van der Waals surface area contributed by atoms with Crippen LogP contribution >= 0.6 is 0 Å². The Morgan fingerprint density at radius 2 is 1.79 bits per heavy atom. The fraction of sp³-hybridized carbons (Fsp3) is 0.700. The Morgan fingerprint density at radius 3 is 2.14 bits per heavy atom. The third-order valence-electron chi connectivity index (χ3n) is 2.60. The van der Waals surface area contributed by atoms with Crippen LogP contribution in [0.3, 0.4) is 0 Å². The molecular weight excluding hydrogens is 180 g/mol. The molecule has 1 saturated heterocycles. The fourth-order valence-electron chi connectivity index (χ4n) is 1.68. The van der Waals surface area contributed by atoms with E-state index in [2.05, 4.69) is 6.92 Å². The molecule has 0 aromatic rings. The fourth-order valence-corrected chi connectivity index (χ4v) is 1.68. The maximum Gasteiger partial charge on any atom is 0.319 e. The number of hydrogen-bond donors (Lipinski definition) is 0. The summed E-state index contributed by atoms with van der Waals surface area (Å²) in [6.45, 7) is 4.75. The molecule has 0 aromatic heterocycles. The third kappa shape index (κ3) is 2.47. The number of piperidine rings is 1. The minimum absolute atomic E-state index is 0.00181. The van der Waals surface area contributed by atoms with Crippen molar-refractivity contribution >= 4 is 11.8 Å². The largest absolute Gasteiger partial charge is 0.331 e. The first-order valence-corrected chi connectivity index (χ1v) is 4.84. The number of amides is 2. The van der Waals surface area contributed by atoms with Gasteiger partial charge in [-0.1, -0.05) is 0 Å². The van der Waals surface area contributed by atoms with Crippen LogP contribution in [0.1, 0.15) is 12.8 Å². The normalized spacial score (nSPS) is 18.1. The highest BCUT2D eigenvalue weighted by molar-refractivity contribution is 5.85. The van der Waals surface area contributed by atoms with Crippen molar-refractivity contribution in [3.63, 3.8) is 0 Å². The van der Waals surface area contributed by atoms with Gasteiger partial charge < -0.3 is 9.80 Å². The Labute approximate surface area is 84.9 Å². The summed E-state index contributed by atoms with van der Waals surface area (Å²) in [5.41, 5.74) is 0. The lowest BCUT2D eigenvalue weighted by atomic mass is 9.93. The Kier molecular flexibility index (Phi) is 3.49. The summed E-state index contributed by atoms with van der Waals surface area (Å²) in [6, 6.07) is 0.0277. The van der Waals surface area contributed by atoms with Crippen LogP contribution in [-0.4, -0.2) is 48.8 Å². The lowest BCUT2D eigenvalue weighted by Gasteiger charge is -2.32. The maximum absolute atomic E-state index is 11.5. The molecular formula is C10H17N2O2. The van der Waals surface area contributed by atoms with Crippen molar-refractivity contribution in [2.24, 2.45) is 5.92 Å². The number of ketones is 1. The molecule has 1 aliphatic rings. The molecule has 1 rings (SSSR count). The van der Waals surface area contributed by atoms with Crippen LogP contribution in [-0.2, 0) is 4.79 Å². The molecule has 0 aromatic carbocycles. The SMILES string of the molecule is [CH2]C(=O)C1CCN(C(=O)N(C)C)CC1. The van der Waals surface area contributed by atoms with Crippen LogP contribution < -0.4 is 0 Å². The summed E-state index contributed by atoms with van der Waals surface area (Å²) < 4.78 is 0. The first-order valence-electron chi connectivity index (χ1n) is 4.84. The monoisotopic (exact) mass is 197 g/mol. The summed E-state index contributed by atoms with van der Waals surface area (Å²) in [6.07, 6.45) is 1.50. The smallest absolute Gasteiger partial charge is 0.319 e. The molecule has 4 nitrogen and oxygen atoms in total. The Balaban J connectivity index is 2.43. The van der Waals surface area contributed by atoms with Gasteiger partial charge in [0.1, 0.15) is 5.78 Å². The Morgan fingerprint density at radius 1 is 1.29 bits per heavy atom. The van der Waals surface area contributed by atoms with E-state index in [1.807, 2.05) is 0 Å². The first kappa shape index (κ1) is 11.0. The number of hydrogen-bond acceptors (Lipinski definition) is 2. The van der Waals surface area contributed by atoms with Crippen molar-refractivity contribution in [2.75, 3.05) is 27.2 Å². The highest BCUT2D eigenvalue weighted by Crippen LogP contribution is 2.18. The number of urea groups is 1. The summed E-state index contributed by atoms with van der Waals surface area (Å²) in [7, 11) is 3.47. The second kappa shape index (κ2) is 4.44. The molecule has 79 valence electrons. The molecule has 0 atom stereocenters. The molecule has 4 heteroatoms. The molecule has 1 radical (unpaired) electrons. The highest BCUT2D eigenvalue weighted by atomic mass is 16.2. The van der Waals surface area contributed by atoms with Gasteiger partial charge in [-0.05, 0) is 12.8 Å². The van der Waals surface area contributed by atoms with Crippen LogP contribution in [0.15, 0.2) is 0 Å². The van der Waals surface area contributed by atoms with Crippen LogP contribution in [0.2, 0.25) is 0 Å². The lowest BCUT2D eigenvalue weighted by molar-refractivity contribution is -0.119. The van der Waals surface area contributed by atoms with E-state index in [0.29, 0.717) is 13.1 Å². The standard InChI is InChI=1S/C10H17N2O2/c1-8(13)9-4-6-12(7-5-9)10(14)11(2)3/h9H,1,4-7H2,2-3H3. The predicted octanol–water partition coefficient (Wildman–Crippen LogP) is 0.783. The summed E-state index contributed by atoms with van der Waals surface area (Å²) >= 11 is 0. The van der Waals surface area contributed by atoms with Crippen molar-refractivity contribution in [1.29, 1.82) is 0 Å². The minimum Gasteiger partial charge on any atom is -0.331 e. The number of rotatable bonds is 1. The number of carbonyl (C=O) groups excluding carboxylic acids is 2. The minimum atomic E-state index is 0.00181. The number of nitrogens with zero attached hydrogens (tertiary/aromatic N) is 2. The maximum atomic E-state index is 11.5. The molecule has 0 unspecified atom stereocenters. The van der Waals surface area contributed by atoms with Gasteiger partial charge in [0.25, 0.3) is 0 Å². The third-order valence-corrected chi connectivity index (χ3v) is 2.60. The van der Waals surface area contributed by atoms with E-state index in [1.54, 1.807) is 23.9 Å². The van der Waals surface area contributed by atoms with E-state index in [4.69, 9.17) is 0 Å². The number of carbonyl (C=O) groups is 2. The molecule has 1 fully saturated rings. The van der Waals surface area contributed by atoms with E-state index < -0.39 is 0 Å². The van der Waals surface area contributed by atoms with Gasteiger partial charge >= 0.3 is 6.03 Å². The predicted molar refractivity (Wildman–Crippen MR) is 53.7 cm³/mol. The molecule has 1 aliphatic heterocycles. The molecule has 0 saturated carbocycles. The molecule has 2 amide bonds. The first-order chi connectivity index (χ1) is 6.52. The summed E-state index contributed by atoms with van der Waals surface area (Å²) in [4.78, 5) is 25.8. The molecule has 0 N–H and O–H groups in total. The van der Waals surface area contributed by atoms with Gasteiger partial charge in [-0.25, -0.2) is 4.79 Å². The molecule has 0 spiro atoms. The van der Waals surface area contributed by atoms with Crippen molar-refractivity contribution in [3.8, 4) is 0 Å². The van der Waals surface area contributed by atoms with E-state index >= 15 is 0 Å². The number of likely N-dealkylation sites (tertiary alicyclic amines) is 1. The van der Waals surface area contributed by atoms with Gasteiger partial charge in [0.2, 0.25) is 0 Å². The van der Waals surface area contributed by atoms with Crippen molar-refractivity contribution in [2.45, 2.75) is 12.8 Å². The van der Waals surface area contributed by atoms with E-state index in [-0.39, 0.29) is 17.7 Å². The zero-order chi connectivity index (χ0) is 10.7. The average molecular weight is 197 g/mol. The molecule has 1 heterocycles. The second-order valence-electron chi connectivity index (χ2n) is 3.90. The quantitative estimate of drug-likeness (QED) is 0.623. The van der Waals surface area contributed by atoms with Crippen molar-refractivity contribution in [1.82, 2.24) is 9.80 Å². The summed E-state index contributed by atoms with van der Waals surface area (Å²) in [5.74, 6) is 0.0585. The van der Waals surface area contributed by atoms with Gasteiger partial charge in [-0.15, -0.1) is 0 Å². The summed E-state index contributed by atoms with van der Waals surface area (Å²) in [5, 5.41) is 0. The van der Waals surface area contributed by atoms with Crippen LogP contribution in [0, 0.1) is 12.8 Å². The number of Topliss-reactive ketones (excluding diaryl/α,β-unsaturated/α-hetero) is 1. The van der Waals surface area contributed by atoms with Crippen molar-refractivity contribution < 1.29 is 9.59 Å². The molecule has 14 heavy (non-hydrogen) atoms. The van der Waals surface area contributed by atoms with Crippen LogP contribution in [0.25, 0.3) is 0 Å². The Bertz CT molecular complexity index is 230. The van der Waals surface area contributed by atoms with Gasteiger partial charge in [0.05, 0.1) is 0 Å².